The van der Waals surface area contributed by atoms with Gasteiger partial charge >= 0.3 is 0 Å². The summed E-state index contributed by atoms with van der Waals surface area (Å²) in [5.74, 6) is 1.45. The molecule has 1 fully saturated rings. The van der Waals surface area contributed by atoms with Gasteiger partial charge in [-0.1, -0.05) is 24.3 Å². The van der Waals surface area contributed by atoms with Crippen molar-refractivity contribution in [2.45, 2.75) is 25.3 Å². The van der Waals surface area contributed by atoms with Gasteiger partial charge in [-0.05, 0) is 72.5 Å². The second-order valence-electron chi connectivity index (χ2n) is 8.00. The largest absolute Gasteiger partial charge is 0.497 e. The predicted octanol–water partition coefficient (Wildman–Crippen LogP) is 4.74. The molecule has 1 N–H and O–H groups in total. The fourth-order valence-electron chi connectivity index (χ4n) is 4.04. The first kappa shape index (κ1) is 22.4. The van der Waals surface area contributed by atoms with E-state index >= 15 is 0 Å². The van der Waals surface area contributed by atoms with Crippen LogP contribution in [0.15, 0.2) is 72.8 Å². The molecule has 0 atom stereocenters. The third-order valence-corrected chi connectivity index (χ3v) is 5.94. The Labute approximate surface area is 194 Å². The number of hydrogen-bond acceptors (Lipinski definition) is 4. The van der Waals surface area contributed by atoms with Crippen LogP contribution < -0.4 is 19.7 Å². The summed E-state index contributed by atoms with van der Waals surface area (Å²) in [4.78, 5) is 27.1. The number of nitrogens with zero attached hydrogens (tertiary/aromatic N) is 1. The van der Waals surface area contributed by atoms with Gasteiger partial charge in [0, 0.05) is 24.2 Å². The maximum atomic E-state index is 13.2. The molecule has 1 aliphatic heterocycles. The molecule has 0 unspecified atom stereocenters. The lowest BCUT2D eigenvalue weighted by Gasteiger charge is -2.27. The van der Waals surface area contributed by atoms with Gasteiger partial charge < -0.3 is 19.7 Å². The summed E-state index contributed by atoms with van der Waals surface area (Å²) < 4.78 is 10.5. The van der Waals surface area contributed by atoms with Gasteiger partial charge in [-0.3, -0.25) is 9.59 Å². The first-order chi connectivity index (χ1) is 16.1. The van der Waals surface area contributed by atoms with Crippen molar-refractivity contribution in [2.75, 3.05) is 25.7 Å². The second kappa shape index (κ2) is 10.2. The number of anilines is 1. The zero-order valence-electron chi connectivity index (χ0n) is 18.9. The molecule has 1 aliphatic rings. The van der Waals surface area contributed by atoms with E-state index in [1.54, 1.807) is 31.3 Å². The molecule has 0 spiro atoms. The van der Waals surface area contributed by atoms with Gasteiger partial charge in [0.1, 0.15) is 11.5 Å². The highest BCUT2D eigenvalue weighted by atomic mass is 16.5. The number of amides is 2. The summed E-state index contributed by atoms with van der Waals surface area (Å²) >= 11 is 0. The van der Waals surface area contributed by atoms with Gasteiger partial charge in [-0.25, -0.2) is 0 Å². The van der Waals surface area contributed by atoms with Crippen LogP contribution in [0.4, 0.5) is 5.69 Å². The Morgan fingerprint density at radius 1 is 0.818 bits per heavy atom. The number of piperidine rings is 1. The summed E-state index contributed by atoms with van der Waals surface area (Å²) in [6.07, 6.45) is 2.51. The van der Waals surface area contributed by atoms with Gasteiger partial charge in [0.05, 0.1) is 20.3 Å². The average molecular weight is 445 g/mol. The Bertz CT molecular complexity index is 1040. The molecule has 4 rings (SSSR count). The predicted molar refractivity (Wildman–Crippen MR) is 128 cm³/mol. The quantitative estimate of drug-likeness (QED) is 0.572. The minimum Gasteiger partial charge on any atom is -0.497 e. The molecular formula is C27H28N2O4. The molecule has 0 bridgehead atoms. The zero-order chi connectivity index (χ0) is 23.2. The zero-order valence-corrected chi connectivity index (χ0v) is 18.9. The van der Waals surface area contributed by atoms with Crippen LogP contribution in [0.1, 0.15) is 46.8 Å². The Kier molecular flexibility index (Phi) is 6.93. The molecule has 0 saturated carbocycles. The van der Waals surface area contributed by atoms with E-state index in [1.807, 2.05) is 60.7 Å². The normalized spacial score (nSPS) is 13.7. The molecule has 2 amide bonds. The number of benzene rings is 3. The van der Waals surface area contributed by atoms with E-state index in [9.17, 15) is 9.59 Å². The summed E-state index contributed by atoms with van der Waals surface area (Å²) in [6.45, 7) is 0.724. The summed E-state index contributed by atoms with van der Waals surface area (Å²) in [6, 6.07) is 22.2. The SMILES string of the molecule is COc1ccc(C(NC(=O)c2ccc(N3CCCCC3=O)cc2)c2ccc(OC)cc2)cc1. The molecule has 0 aliphatic carbocycles. The molecule has 3 aromatic rings. The lowest BCUT2D eigenvalue weighted by atomic mass is 9.98. The molecule has 1 saturated heterocycles. The topological polar surface area (TPSA) is 67.9 Å². The molecule has 6 nitrogen and oxygen atoms in total. The average Bonchev–Trinajstić information content (AvgIpc) is 2.88. The van der Waals surface area contributed by atoms with Crippen LogP contribution in [0.3, 0.4) is 0 Å². The van der Waals surface area contributed by atoms with Crippen molar-refractivity contribution in [3.05, 3.63) is 89.5 Å². The van der Waals surface area contributed by atoms with Crippen molar-refractivity contribution in [1.82, 2.24) is 5.32 Å². The molecule has 0 radical (unpaired) electrons. The molecule has 0 aromatic heterocycles. The van der Waals surface area contributed by atoms with Crippen LogP contribution in [0.2, 0.25) is 0 Å². The van der Waals surface area contributed by atoms with Crippen molar-refractivity contribution in [3.63, 3.8) is 0 Å². The van der Waals surface area contributed by atoms with Crippen molar-refractivity contribution in [1.29, 1.82) is 0 Å². The second-order valence-corrected chi connectivity index (χ2v) is 8.00. The number of hydrogen-bond donors (Lipinski definition) is 1. The number of carbonyl (C=O) groups excluding carboxylic acids is 2. The lowest BCUT2D eigenvalue weighted by Crippen LogP contribution is -2.35. The number of ether oxygens (including phenoxy) is 2. The Balaban J connectivity index is 1.56. The standard InChI is InChI=1S/C27H28N2O4/c1-32-23-14-8-19(9-15-23)26(20-10-16-24(33-2)17-11-20)28-27(31)21-6-12-22(13-7-21)29-18-4-3-5-25(29)30/h6-17,26H,3-5,18H2,1-2H3,(H,28,31). The van der Waals surface area contributed by atoms with E-state index in [-0.39, 0.29) is 17.9 Å². The fourth-order valence-corrected chi connectivity index (χ4v) is 4.04. The highest BCUT2D eigenvalue weighted by Crippen LogP contribution is 2.27. The minimum absolute atomic E-state index is 0.137. The third kappa shape index (κ3) is 5.17. The van der Waals surface area contributed by atoms with Crippen molar-refractivity contribution < 1.29 is 19.1 Å². The molecule has 170 valence electrons. The highest BCUT2D eigenvalue weighted by molar-refractivity contribution is 5.97. The van der Waals surface area contributed by atoms with Crippen molar-refractivity contribution in [3.8, 4) is 11.5 Å². The first-order valence-electron chi connectivity index (χ1n) is 11.1. The van der Waals surface area contributed by atoms with E-state index < -0.39 is 0 Å². The highest BCUT2D eigenvalue weighted by Gasteiger charge is 2.21. The van der Waals surface area contributed by atoms with Crippen LogP contribution in [0.25, 0.3) is 0 Å². The maximum Gasteiger partial charge on any atom is 0.252 e. The van der Waals surface area contributed by atoms with E-state index in [2.05, 4.69) is 5.32 Å². The van der Waals surface area contributed by atoms with E-state index in [1.165, 1.54) is 0 Å². The van der Waals surface area contributed by atoms with Crippen LogP contribution >= 0.6 is 0 Å². The Hall–Kier alpha value is -3.80. The third-order valence-electron chi connectivity index (χ3n) is 5.94. The molecule has 6 heteroatoms. The van der Waals surface area contributed by atoms with Gasteiger partial charge in [0.15, 0.2) is 0 Å². The lowest BCUT2D eigenvalue weighted by molar-refractivity contribution is -0.119. The van der Waals surface area contributed by atoms with E-state index in [4.69, 9.17) is 9.47 Å². The monoisotopic (exact) mass is 444 g/mol. The summed E-state index contributed by atoms with van der Waals surface area (Å²) in [7, 11) is 3.25. The van der Waals surface area contributed by atoms with E-state index in [0.29, 0.717) is 12.0 Å². The van der Waals surface area contributed by atoms with Crippen LogP contribution in [0, 0.1) is 0 Å². The van der Waals surface area contributed by atoms with Gasteiger partial charge in [0.2, 0.25) is 5.91 Å². The first-order valence-corrected chi connectivity index (χ1v) is 11.1. The Morgan fingerprint density at radius 3 is 1.85 bits per heavy atom. The van der Waals surface area contributed by atoms with Crippen molar-refractivity contribution in [2.24, 2.45) is 0 Å². The van der Waals surface area contributed by atoms with Gasteiger partial charge in [0.25, 0.3) is 5.91 Å². The number of methoxy groups -OCH3 is 2. The summed E-state index contributed by atoms with van der Waals surface area (Å²) in [5.41, 5.74) is 3.24. The molecular weight excluding hydrogens is 416 g/mol. The van der Waals surface area contributed by atoms with E-state index in [0.717, 1.165) is 47.7 Å². The smallest absolute Gasteiger partial charge is 0.252 e. The van der Waals surface area contributed by atoms with Gasteiger partial charge in [-0.2, -0.15) is 0 Å². The summed E-state index contributed by atoms with van der Waals surface area (Å²) in [5, 5.41) is 3.15. The van der Waals surface area contributed by atoms with Crippen LogP contribution in [-0.2, 0) is 4.79 Å². The molecule has 1 heterocycles. The number of nitrogens with one attached hydrogen (secondary N) is 1. The minimum atomic E-state index is -0.349. The number of carbonyl (C=O) groups is 2. The number of rotatable bonds is 7. The van der Waals surface area contributed by atoms with Crippen LogP contribution in [0.5, 0.6) is 11.5 Å². The van der Waals surface area contributed by atoms with Crippen molar-refractivity contribution >= 4 is 17.5 Å². The fraction of sp³-hybridized carbons (Fsp3) is 0.259. The molecule has 33 heavy (non-hydrogen) atoms. The Morgan fingerprint density at radius 2 is 1.36 bits per heavy atom. The van der Waals surface area contributed by atoms with Gasteiger partial charge in [-0.15, -0.1) is 0 Å². The molecule has 3 aromatic carbocycles. The van der Waals surface area contributed by atoms with Crippen LogP contribution in [-0.4, -0.2) is 32.6 Å². The maximum absolute atomic E-state index is 13.2.